The van der Waals surface area contributed by atoms with Crippen molar-refractivity contribution in [2.24, 2.45) is 10.8 Å². The minimum absolute atomic E-state index is 0.460. The van der Waals surface area contributed by atoms with Gasteiger partial charge in [0.1, 0.15) is 0 Å². The first kappa shape index (κ1) is 15.0. The predicted octanol–water partition coefficient (Wildman–Crippen LogP) is 4.08. The second-order valence-electron chi connectivity index (χ2n) is 4.17. The lowest BCUT2D eigenvalue weighted by molar-refractivity contribution is 1.02. The Hall–Kier alpha value is -1.37. The fraction of sp³-hybridized carbons (Fsp3) is 0.0714. The highest BCUT2D eigenvalue weighted by Gasteiger charge is 2.07. The number of hydrogen-bond acceptors (Lipinski definition) is 2. The summed E-state index contributed by atoms with van der Waals surface area (Å²) < 4.78 is 1.79. The van der Waals surface area contributed by atoms with Gasteiger partial charge in [-0.05, 0) is 68.6 Å². The number of aliphatic imine (C=N–C) groups is 1. The van der Waals surface area contributed by atoms with Crippen LogP contribution < -0.4 is 16.6 Å². The van der Waals surface area contributed by atoms with Crippen LogP contribution in [0.25, 0.3) is 0 Å². The molecule has 0 atom stereocenters. The third-order valence-electron chi connectivity index (χ3n) is 2.56. The minimum atomic E-state index is 0.460. The van der Waals surface area contributed by atoms with Crippen LogP contribution in [0.3, 0.4) is 0 Å². The van der Waals surface area contributed by atoms with Crippen molar-refractivity contribution in [1.29, 1.82) is 0 Å². The van der Waals surface area contributed by atoms with E-state index < -0.39 is 0 Å². The summed E-state index contributed by atoms with van der Waals surface area (Å²) in [5.41, 5.74) is 5.38. The molecule has 0 saturated carbocycles. The molecular weight excluding hydrogens is 384 g/mol. The Labute approximate surface area is 134 Å². The van der Waals surface area contributed by atoms with E-state index in [4.69, 9.17) is 5.84 Å². The van der Waals surface area contributed by atoms with E-state index >= 15 is 0 Å². The SMILES string of the molecule is Cc1cc(Br)c(N=C(NN)Nc2ccccc2)c(Br)c1. The molecule has 4 N–H and O–H groups in total. The van der Waals surface area contributed by atoms with Gasteiger partial charge in [-0.2, -0.15) is 0 Å². The largest absolute Gasteiger partial charge is 0.325 e. The van der Waals surface area contributed by atoms with Crippen LogP contribution in [0, 0.1) is 6.92 Å². The molecule has 20 heavy (non-hydrogen) atoms. The lowest BCUT2D eigenvalue weighted by Crippen LogP contribution is -2.36. The first-order chi connectivity index (χ1) is 9.60. The summed E-state index contributed by atoms with van der Waals surface area (Å²) in [6.45, 7) is 2.02. The van der Waals surface area contributed by atoms with Crippen LogP contribution in [-0.2, 0) is 0 Å². The molecule has 0 saturated heterocycles. The van der Waals surface area contributed by atoms with Gasteiger partial charge in [0, 0.05) is 14.6 Å². The van der Waals surface area contributed by atoms with Crippen LogP contribution in [0.15, 0.2) is 56.4 Å². The van der Waals surface area contributed by atoms with Gasteiger partial charge < -0.3 is 5.32 Å². The molecule has 0 spiro atoms. The molecule has 0 aliphatic rings. The van der Waals surface area contributed by atoms with Crippen molar-refractivity contribution in [2.75, 3.05) is 5.32 Å². The molecule has 2 aromatic rings. The number of hydrazine groups is 1. The Balaban J connectivity index is 2.32. The monoisotopic (exact) mass is 396 g/mol. The number of para-hydroxylation sites is 1. The maximum Gasteiger partial charge on any atom is 0.215 e. The van der Waals surface area contributed by atoms with E-state index in [2.05, 4.69) is 47.6 Å². The van der Waals surface area contributed by atoms with Gasteiger partial charge in [-0.25, -0.2) is 10.8 Å². The zero-order valence-electron chi connectivity index (χ0n) is 10.8. The fourth-order valence-corrected chi connectivity index (χ4v) is 3.26. The molecule has 104 valence electrons. The Bertz CT molecular complexity index is 603. The molecule has 0 amide bonds. The molecule has 2 rings (SSSR count). The second kappa shape index (κ2) is 6.88. The number of nitrogens with two attached hydrogens (primary N) is 1. The van der Waals surface area contributed by atoms with Crippen LogP contribution in [0.1, 0.15) is 5.56 Å². The molecule has 6 heteroatoms. The molecule has 0 radical (unpaired) electrons. The summed E-state index contributed by atoms with van der Waals surface area (Å²) in [4.78, 5) is 4.49. The smallest absolute Gasteiger partial charge is 0.215 e. The number of nitrogens with one attached hydrogen (secondary N) is 2. The molecule has 0 aliphatic carbocycles. The topological polar surface area (TPSA) is 62.4 Å². The Morgan fingerprint density at radius 2 is 1.70 bits per heavy atom. The Morgan fingerprint density at radius 3 is 2.25 bits per heavy atom. The van der Waals surface area contributed by atoms with Gasteiger partial charge in [0.05, 0.1) is 5.69 Å². The van der Waals surface area contributed by atoms with Crippen LogP contribution in [0.2, 0.25) is 0 Å². The molecule has 2 aromatic carbocycles. The lowest BCUT2D eigenvalue weighted by Gasteiger charge is -2.11. The molecule has 0 unspecified atom stereocenters. The van der Waals surface area contributed by atoms with Crippen LogP contribution in [0.4, 0.5) is 11.4 Å². The maximum absolute atomic E-state index is 5.52. The van der Waals surface area contributed by atoms with Crippen molar-refractivity contribution in [1.82, 2.24) is 5.43 Å². The van der Waals surface area contributed by atoms with Gasteiger partial charge in [0.15, 0.2) is 0 Å². The standard InChI is InChI=1S/C14H14Br2N4/c1-9-7-11(15)13(12(16)8-9)19-14(20-17)18-10-5-3-2-4-6-10/h2-8H,17H2,1H3,(H2,18,19,20). The number of rotatable bonds is 2. The molecule has 4 nitrogen and oxygen atoms in total. The van der Waals surface area contributed by atoms with E-state index in [1.807, 2.05) is 49.4 Å². The van der Waals surface area contributed by atoms with Gasteiger partial charge in [0.2, 0.25) is 5.96 Å². The number of halogens is 2. The molecule has 0 aliphatic heterocycles. The van der Waals surface area contributed by atoms with Gasteiger partial charge in [-0.3, -0.25) is 5.43 Å². The number of hydrogen-bond donors (Lipinski definition) is 3. The minimum Gasteiger partial charge on any atom is -0.325 e. The van der Waals surface area contributed by atoms with E-state index in [1.54, 1.807) is 0 Å². The number of aryl methyl sites for hydroxylation is 1. The van der Waals surface area contributed by atoms with Crippen LogP contribution >= 0.6 is 31.9 Å². The third-order valence-corrected chi connectivity index (χ3v) is 3.77. The lowest BCUT2D eigenvalue weighted by atomic mass is 10.2. The zero-order chi connectivity index (χ0) is 14.5. The van der Waals surface area contributed by atoms with Gasteiger partial charge in [-0.1, -0.05) is 18.2 Å². The number of anilines is 1. The van der Waals surface area contributed by atoms with E-state index in [0.29, 0.717) is 5.96 Å². The van der Waals surface area contributed by atoms with Crippen molar-refractivity contribution in [2.45, 2.75) is 6.92 Å². The molecule has 0 fully saturated rings. The van der Waals surface area contributed by atoms with Gasteiger partial charge in [0.25, 0.3) is 0 Å². The van der Waals surface area contributed by atoms with Crippen LogP contribution in [-0.4, -0.2) is 5.96 Å². The van der Waals surface area contributed by atoms with E-state index in [0.717, 1.165) is 25.9 Å². The molecule has 0 aromatic heterocycles. The highest BCUT2D eigenvalue weighted by molar-refractivity contribution is 9.11. The van der Waals surface area contributed by atoms with E-state index in [-0.39, 0.29) is 0 Å². The summed E-state index contributed by atoms with van der Waals surface area (Å²) in [6.07, 6.45) is 0. The average molecular weight is 398 g/mol. The van der Waals surface area contributed by atoms with Crippen LogP contribution in [0.5, 0.6) is 0 Å². The number of guanidine groups is 1. The highest BCUT2D eigenvalue weighted by atomic mass is 79.9. The molecular formula is C14H14Br2N4. The van der Waals surface area contributed by atoms with Gasteiger partial charge >= 0.3 is 0 Å². The zero-order valence-corrected chi connectivity index (χ0v) is 14.0. The molecule has 0 bridgehead atoms. The second-order valence-corrected chi connectivity index (χ2v) is 5.88. The van der Waals surface area contributed by atoms with Crippen molar-refractivity contribution in [3.05, 3.63) is 57.0 Å². The Morgan fingerprint density at radius 1 is 1.10 bits per heavy atom. The van der Waals surface area contributed by atoms with Crippen molar-refractivity contribution >= 4 is 49.2 Å². The average Bonchev–Trinajstić information content (AvgIpc) is 2.42. The maximum atomic E-state index is 5.52. The summed E-state index contributed by atoms with van der Waals surface area (Å²) in [5, 5.41) is 3.12. The van der Waals surface area contributed by atoms with Crippen molar-refractivity contribution in [3.63, 3.8) is 0 Å². The van der Waals surface area contributed by atoms with Gasteiger partial charge in [-0.15, -0.1) is 0 Å². The normalized spacial score (nSPS) is 11.3. The summed E-state index contributed by atoms with van der Waals surface area (Å²) in [5.74, 6) is 5.98. The predicted molar refractivity (Wildman–Crippen MR) is 91.1 cm³/mol. The first-order valence-corrected chi connectivity index (χ1v) is 7.52. The third kappa shape index (κ3) is 3.82. The number of benzene rings is 2. The first-order valence-electron chi connectivity index (χ1n) is 5.93. The van der Waals surface area contributed by atoms with Crippen molar-refractivity contribution in [3.8, 4) is 0 Å². The summed E-state index contributed by atoms with van der Waals surface area (Å²) in [6, 6.07) is 13.7. The fourth-order valence-electron chi connectivity index (χ4n) is 1.67. The summed E-state index contributed by atoms with van der Waals surface area (Å²) in [7, 11) is 0. The molecule has 0 heterocycles. The Kier molecular flexibility index (Phi) is 5.17. The highest BCUT2D eigenvalue weighted by Crippen LogP contribution is 2.34. The quantitative estimate of drug-likeness (QED) is 0.309. The number of nitrogens with zero attached hydrogens (tertiary/aromatic N) is 1. The summed E-state index contributed by atoms with van der Waals surface area (Å²) >= 11 is 7.02. The van der Waals surface area contributed by atoms with Crippen molar-refractivity contribution < 1.29 is 0 Å². The van der Waals surface area contributed by atoms with E-state index in [9.17, 15) is 0 Å². The van der Waals surface area contributed by atoms with E-state index in [1.165, 1.54) is 0 Å².